The molecule has 1 aliphatic rings. The highest BCUT2D eigenvalue weighted by Crippen LogP contribution is 2.25. The molecule has 1 saturated heterocycles. The molecule has 1 amide bonds. The van der Waals surface area contributed by atoms with Gasteiger partial charge in [0, 0.05) is 24.7 Å². The van der Waals surface area contributed by atoms with Crippen molar-refractivity contribution in [2.75, 3.05) is 23.3 Å². The van der Waals surface area contributed by atoms with Crippen LogP contribution in [0.2, 0.25) is 0 Å². The van der Waals surface area contributed by atoms with Crippen LogP contribution in [0, 0.1) is 19.8 Å². The van der Waals surface area contributed by atoms with E-state index in [1.165, 1.54) is 11.3 Å². The van der Waals surface area contributed by atoms with Crippen LogP contribution < -0.4 is 10.2 Å². The molecule has 0 bridgehead atoms. The third-order valence-electron chi connectivity index (χ3n) is 4.49. The molecule has 4 rings (SSSR count). The Kier molecular flexibility index (Phi) is 4.85. The Labute approximate surface area is 160 Å². The van der Waals surface area contributed by atoms with Crippen molar-refractivity contribution in [3.63, 3.8) is 0 Å². The molecule has 1 aliphatic heterocycles. The number of aromatic nitrogens is 4. The van der Waals surface area contributed by atoms with Crippen LogP contribution in [0.25, 0.3) is 11.5 Å². The van der Waals surface area contributed by atoms with Gasteiger partial charge in [0.25, 0.3) is 5.89 Å². The average Bonchev–Trinajstić information content (AvgIpc) is 3.30. The molecule has 0 saturated carbocycles. The zero-order valence-electron chi connectivity index (χ0n) is 15.2. The van der Waals surface area contributed by atoms with Gasteiger partial charge in [0.15, 0.2) is 11.0 Å². The molecule has 3 aromatic heterocycles. The number of nitrogens with one attached hydrogen (secondary N) is 1. The Bertz CT molecular complexity index is 935. The van der Waals surface area contributed by atoms with E-state index in [0.29, 0.717) is 23.4 Å². The summed E-state index contributed by atoms with van der Waals surface area (Å²) in [5, 5.41) is 9.32. The van der Waals surface area contributed by atoms with Crippen molar-refractivity contribution in [1.29, 1.82) is 0 Å². The van der Waals surface area contributed by atoms with Gasteiger partial charge in [-0.25, -0.2) is 9.97 Å². The van der Waals surface area contributed by atoms with Crippen molar-refractivity contribution in [1.82, 2.24) is 20.1 Å². The van der Waals surface area contributed by atoms with Gasteiger partial charge in [-0.2, -0.15) is 4.98 Å². The van der Waals surface area contributed by atoms with E-state index in [9.17, 15) is 4.79 Å². The summed E-state index contributed by atoms with van der Waals surface area (Å²) in [6.45, 7) is 5.22. The van der Waals surface area contributed by atoms with Gasteiger partial charge in [0.2, 0.25) is 5.91 Å². The molecule has 1 unspecified atom stereocenters. The van der Waals surface area contributed by atoms with E-state index in [0.717, 1.165) is 36.5 Å². The number of hydrogen-bond acceptors (Lipinski definition) is 8. The number of aryl methyl sites for hydroxylation is 2. The summed E-state index contributed by atoms with van der Waals surface area (Å²) in [6, 6.07) is 3.84. The van der Waals surface area contributed by atoms with E-state index >= 15 is 0 Å². The molecule has 0 radical (unpaired) electrons. The maximum absolute atomic E-state index is 12.6. The highest BCUT2D eigenvalue weighted by Gasteiger charge is 2.27. The standard InChI is InChI=1S/C18H20N6O2S/c1-11-10-27-18(20-11)22-16(25)14-4-3-7-24(9-14)15-6-5-13(8-19-15)17-21-12(2)23-26-17/h5-6,8,10,14H,3-4,7,9H2,1-2H3,(H,20,22,25). The molecular weight excluding hydrogens is 364 g/mol. The summed E-state index contributed by atoms with van der Waals surface area (Å²) in [5.74, 6) is 1.84. The van der Waals surface area contributed by atoms with E-state index < -0.39 is 0 Å². The van der Waals surface area contributed by atoms with Gasteiger partial charge in [-0.15, -0.1) is 11.3 Å². The summed E-state index contributed by atoms with van der Waals surface area (Å²) in [5.41, 5.74) is 1.70. The molecular formula is C18H20N6O2S. The second-order valence-electron chi connectivity index (χ2n) is 6.62. The van der Waals surface area contributed by atoms with Crippen molar-refractivity contribution >= 4 is 28.2 Å². The first-order valence-corrected chi connectivity index (χ1v) is 9.71. The lowest BCUT2D eigenvalue weighted by atomic mass is 9.97. The molecule has 140 valence electrons. The predicted molar refractivity (Wildman–Crippen MR) is 103 cm³/mol. The molecule has 3 aromatic rings. The molecule has 1 N–H and O–H groups in total. The topological polar surface area (TPSA) is 97.0 Å². The zero-order valence-corrected chi connectivity index (χ0v) is 16.0. The third kappa shape index (κ3) is 3.97. The van der Waals surface area contributed by atoms with Crippen LogP contribution in [0.1, 0.15) is 24.4 Å². The highest BCUT2D eigenvalue weighted by atomic mass is 32.1. The van der Waals surface area contributed by atoms with Crippen LogP contribution in [0.15, 0.2) is 28.2 Å². The normalized spacial score (nSPS) is 17.1. The van der Waals surface area contributed by atoms with Gasteiger partial charge in [-0.3, -0.25) is 4.79 Å². The summed E-state index contributed by atoms with van der Waals surface area (Å²) in [7, 11) is 0. The number of carbonyl (C=O) groups excluding carboxylic acids is 1. The lowest BCUT2D eigenvalue weighted by molar-refractivity contribution is -0.120. The fraction of sp³-hybridized carbons (Fsp3) is 0.389. The number of piperidine rings is 1. The Hall–Kier alpha value is -2.81. The maximum atomic E-state index is 12.6. The quantitative estimate of drug-likeness (QED) is 0.738. The lowest BCUT2D eigenvalue weighted by Gasteiger charge is -2.32. The molecule has 8 nitrogen and oxygen atoms in total. The first-order chi connectivity index (χ1) is 13.1. The molecule has 4 heterocycles. The van der Waals surface area contributed by atoms with Crippen LogP contribution in [-0.4, -0.2) is 39.1 Å². The third-order valence-corrected chi connectivity index (χ3v) is 5.36. The van der Waals surface area contributed by atoms with E-state index in [-0.39, 0.29) is 11.8 Å². The fourth-order valence-corrected chi connectivity index (χ4v) is 3.82. The molecule has 0 aromatic carbocycles. The number of nitrogens with zero attached hydrogens (tertiary/aromatic N) is 5. The molecule has 1 fully saturated rings. The van der Waals surface area contributed by atoms with Crippen LogP contribution in [0.5, 0.6) is 0 Å². The molecule has 0 aliphatic carbocycles. The minimum Gasteiger partial charge on any atom is -0.356 e. The van der Waals surface area contributed by atoms with Gasteiger partial charge >= 0.3 is 0 Å². The zero-order chi connectivity index (χ0) is 18.8. The smallest absolute Gasteiger partial charge is 0.259 e. The van der Waals surface area contributed by atoms with E-state index in [4.69, 9.17) is 4.52 Å². The number of rotatable bonds is 4. The van der Waals surface area contributed by atoms with Crippen LogP contribution in [-0.2, 0) is 4.79 Å². The summed E-state index contributed by atoms with van der Waals surface area (Å²) in [6.07, 6.45) is 3.54. The van der Waals surface area contributed by atoms with Crippen molar-refractivity contribution in [3.05, 3.63) is 35.2 Å². The molecule has 1 atom stereocenters. The second-order valence-corrected chi connectivity index (χ2v) is 7.48. The van der Waals surface area contributed by atoms with E-state index in [1.807, 2.05) is 24.4 Å². The molecule has 9 heteroatoms. The molecule has 27 heavy (non-hydrogen) atoms. The van der Waals surface area contributed by atoms with Gasteiger partial charge in [0.05, 0.1) is 17.2 Å². The Morgan fingerprint density at radius 2 is 2.22 bits per heavy atom. The average molecular weight is 384 g/mol. The Morgan fingerprint density at radius 1 is 1.33 bits per heavy atom. The summed E-state index contributed by atoms with van der Waals surface area (Å²) < 4.78 is 5.17. The minimum absolute atomic E-state index is 0.0204. The maximum Gasteiger partial charge on any atom is 0.259 e. The van der Waals surface area contributed by atoms with Crippen LogP contribution in [0.4, 0.5) is 10.9 Å². The fourth-order valence-electron chi connectivity index (χ4n) is 3.13. The largest absolute Gasteiger partial charge is 0.356 e. The molecule has 0 spiro atoms. The van der Waals surface area contributed by atoms with Gasteiger partial charge in [-0.1, -0.05) is 5.16 Å². The minimum atomic E-state index is -0.0805. The van der Waals surface area contributed by atoms with Crippen molar-refractivity contribution in [3.8, 4) is 11.5 Å². The van der Waals surface area contributed by atoms with Gasteiger partial charge in [0.1, 0.15) is 5.82 Å². The summed E-state index contributed by atoms with van der Waals surface area (Å²) >= 11 is 1.45. The SMILES string of the molecule is Cc1csc(NC(=O)C2CCCN(c3ccc(-c4nc(C)no4)cn3)C2)n1. The van der Waals surface area contributed by atoms with Crippen LogP contribution >= 0.6 is 11.3 Å². The Morgan fingerprint density at radius 3 is 2.89 bits per heavy atom. The first kappa shape index (κ1) is 17.6. The number of anilines is 2. The summed E-state index contributed by atoms with van der Waals surface area (Å²) in [4.78, 5) is 27.8. The monoisotopic (exact) mass is 384 g/mol. The number of carbonyl (C=O) groups is 1. The van der Waals surface area contributed by atoms with Gasteiger partial charge in [-0.05, 0) is 38.8 Å². The number of thiazole rings is 1. The second kappa shape index (κ2) is 7.43. The van der Waals surface area contributed by atoms with Crippen molar-refractivity contribution in [2.45, 2.75) is 26.7 Å². The van der Waals surface area contributed by atoms with Crippen molar-refractivity contribution in [2.24, 2.45) is 5.92 Å². The number of pyridine rings is 1. The lowest BCUT2D eigenvalue weighted by Crippen LogP contribution is -2.41. The first-order valence-electron chi connectivity index (χ1n) is 8.83. The number of hydrogen-bond donors (Lipinski definition) is 1. The Balaban J connectivity index is 1.42. The van der Waals surface area contributed by atoms with E-state index in [1.54, 1.807) is 13.1 Å². The van der Waals surface area contributed by atoms with E-state index in [2.05, 4.69) is 30.3 Å². The number of amides is 1. The highest BCUT2D eigenvalue weighted by molar-refractivity contribution is 7.13. The van der Waals surface area contributed by atoms with Gasteiger partial charge < -0.3 is 14.7 Å². The predicted octanol–water partition coefficient (Wildman–Crippen LogP) is 3.06. The van der Waals surface area contributed by atoms with Crippen molar-refractivity contribution < 1.29 is 9.32 Å². The van der Waals surface area contributed by atoms with Crippen LogP contribution in [0.3, 0.4) is 0 Å².